The van der Waals surface area contributed by atoms with Gasteiger partial charge in [0.2, 0.25) is 0 Å². The van der Waals surface area contributed by atoms with E-state index >= 15 is 0 Å². The number of rotatable bonds is 87. The van der Waals surface area contributed by atoms with Gasteiger partial charge in [0.25, 0.3) is 0 Å². The van der Waals surface area contributed by atoms with Crippen molar-refractivity contribution in [1.29, 1.82) is 0 Å². The van der Waals surface area contributed by atoms with Crippen molar-refractivity contribution in [2.45, 2.75) is 546 Å². The highest BCUT2D eigenvalue weighted by atomic mass is 16.6. The maximum absolute atomic E-state index is 12.4. The highest BCUT2D eigenvalue weighted by Crippen LogP contribution is 2.22. The fourth-order valence-electron chi connectivity index (χ4n) is 14.8. The SMILES string of the molecule is CCCCCCCCCC/C=C\CCCCCCCCCCCCCCCCCCCCCCCCCCCCCCCC(=O)OC(CO)COC(=O)CCCCCCCCCCCCCCCCCCCCCCCCCCCCCCCCCCCCCCCCCCC. The van der Waals surface area contributed by atoms with Gasteiger partial charge in [-0.3, -0.25) is 9.59 Å². The largest absolute Gasteiger partial charge is 0.462 e. The van der Waals surface area contributed by atoms with Crippen LogP contribution in [0.4, 0.5) is 0 Å². The third-order valence-electron chi connectivity index (χ3n) is 21.6. The van der Waals surface area contributed by atoms with Crippen molar-refractivity contribution in [2.24, 2.45) is 0 Å². The molecule has 572 valence electrons. The Kier molecular flexibility index (Phi) is 86.6. The summed E-state index contributed by atoms with van der Waals surface area (Å²) in [5, 5.41) is 9.75. The molecule has 1 atom stereocenters. The van der Waals surface area contributed by atoms with Crippen LogP contribution in [0.1, 0.15) is 540 Å². The van der Waals surface area contributed by atoms with E-state index in [0.29, 0.717) is 12.8 Å². The molecule has 0 fully saturated rings. The minimum absolute atomic E-state index is 0.0557. The highest BCUT2D eigenvalue weighted by molar-refractivity contribution is 5.70. The predicted molar refractivity (Wildman–Crippen MR) is 427 cm³/mol. The van der Waals surface area contributed by atoms with Gasteiger partial charge in [-0.2, -0.15) is 0 Å². The molecule has 96 heavy (non-hydrogen) atoms. The van der Waals surface area contributed by atoms with Gasteiger partial charge in [0, 0.05) is 12.8 Å². The van der Waals surface area contributed by atoms with E-state index in [9.17, 15) is 14.7 Å². The molecule has 1 unspecified atom stereocenters. The molecule has 0 aromatic rings. The standard InChI is InChI=1S/C91H178O5/c1-3-5-7-9-11-13-15-17-19-21-23-25-27-29-31-33-35-37-39-41-43-45-47-49-51-53-55-57-59-61-63-65-67-69-71-73-75-77-79-81-83-85-90(93)95-88-89(87-92)96-91(94)86-84-82-80-78-76-74-72-70-68-66-64-62-60-58-56-54-52-50-48-46-44-42-40-38-36-34-32-30-28-26-24-22-20-18-16-14-12-10-8-6-4-2/h22,24,89,92H,3-21,23,25-88H2,1-2H3/b24-22-. The zero-order valence-electron chi connectivity index (χ0n) is 66.2. The number of unbranched alkanes of at least 4 members (excludes halogenated alkanes) is 77. The third-order valence-corrected chi connectivity index (χ3v) is 21.6. The summed E-state index contributed by atoms with van der Waals surface area (Å²) in [6, 6.07) is 0. The van der Waals surface area contributed by atoms with Gasteiger partial charge in [-0.1, -0.05) is 501 Å². The molecule has 0 amide bonds. The molecule has 0 aromatic carbocycles. The summed E-state index contributed by atoms with van der Waals surface area (Å²) in [7, 11) is 0. The van der Waals surface area contributed by atoms with Gasteiger partial charge in [0.1, 0.15) is 6.61 Å². The van der Waals surface area contributed by atoms with Crippen LogP contribution in [0.3, 0.4) is 0 Å². The Morgan fingerprint density at radius 1 is 0.229 bits per heavy atom. The molecule has 0 rings (SSSR count). The molecule has 5 nitrogen and oxygen atoms in total. The third kappa shape index (κ3) is 85.1. The summed E-state index contributed by atoms with van der Waals surface area (Å²) in [6.45, 7) is 4.23. The second-order valence-corrected chi connectivity index (χ2v) is 31.4. The molecule has 0 saturated carbocycles. The number of hydrogen-bond acceptors (Lipinski definition) is 5. The summed E-state index contributed by atoms with van der Waals surface area (Å²) in [6.07, 6.45) is 117. The van der Waals surface area contributed by atoms with Crippen molar-refractivity contribution in [2.75, 3.05) is 13.2 Å². The van der Waals surface area contributed by atoms with E-state index in [1.54, 1.807) is 0 Å². The Bertz CT molecular complexity index is 1440. The molecular weight excluding hydrogens is 1170 g/mol. The van der Waals surface area contributed by atoms with Gasteiger partial charge < -0.3 is 14.6 Å². The quantitative estimate of drug-likeness (QED) is 0.0373. The molecule has 0 aliphatic carbocycles. The molecule has 0 saturated heterocycles. The lowest BCUT2D eigenvalue weighted by Gasteiger charge is -2.15. The smallest absolute Gasteiger partial charge is 0.306 e. The number of aliphatic hydroxyl groups is 1. The summed E-state index contributed by atoms with van der Waals surface area (Å²) < 4.78 is 10.8. The van der Waals surface area contributed by atoms with Crippen LogP contribution in [0, 0.1) is 0 Å². The molecule has 0 aliphatic heterocycles. The zero-order chi connectivity index (χ0) is 69.0. The average Bonchev–Trinajstić information content (AvgIpc) is 3.79. The fraction of sp³-hybridized carbons (Fsp3) is 0.956. The van der Waals surface area contributed by atoms with Crippen LogP contribution >= 0.6 is 0 Å². The lowest BCUT2D eigenvalue weighted by Crippen LogP contribution is -2.28. The first-order valence-corrected chi connectivity index (χ1v) is 45.2. The fourth-order valence-corrected chi connectivity index (χ4v) is 14.8. The number of carbonyl (C=O) groups is 2. The summed E-state index contributed by atoms with van der Waals surface area (Å²) in [4.78, 5) is 24.8. The minimum Gasteiger partial charge on any atom is -0.462 e. The number of esters is 2. The van der Waals surface area contributed by atoms with Crippen LogP contribution < -0.4 is 0 Å². The first-order chi connectivity index (χ1) is 47.6. The van der Waals surface area contributed by atoms with Crippen LogP contribution in [-0.4, -0.2) is 36.4 Å². The molecule has 0 bridgehead atoms. The molecule has 0 spiro atoms. The van der Waals surface area contributed by atoms with Crippen LogP contribution in [0.15, 0.2) is 12.2 Å². The summed E-state index contributed by atoms with van der Waals surface area (Å²) in [5.74, 6) is -0.555. The number of ether oxygens (including phenoxy) is 2. The van der Waals surface area contributed by atoms with E-state index in [0.717, 1.165) is 32.1 Å². The van der Waals surface area contributed by atoms with Crippen molar-refractivity contribution >= 4 is 11.9 Å². The van der Waals surface area contributed by atoms with Crippen molar-refractivity contribution in [3.63, 3.8) is 0 Å². The van der Waals surface area contributed by atoms with E-state index in [2.05, 4.69) is 26.0 Å². The molecule has 0 radical (unpaired) electrons. The van der Waals surface area contributed by atoms with E-state index in [4.69, 9.17) is 9.47 Å². The molecular formula is C91H178O5. The second kappa shape index (κ2) is 87.9. The Hall–Kier alpha value is -1.36. The molecule has 0 aromatic heterocycles. The second-order valence-electron chi connectivity index (χ2n) is 31.4. The van der Waals surface area contributed by atoms with Gasteiger partial charge in [-0.25, -0.2) is 0 Å². The highest BCUT2D eigenvalue weighted by Gasteiger charge is 2.16. The zero-order valence-corrected chi connectivity index (χ0v) is 66.2. The number of allylic oxidation sites excluding steroid dienone is 2. The molecule has 1 N–H and O–H groups in total. The van der Waals surface area contributed by atoms with Gasteiger partial charge in [0.05, 0.1) is 6.61 Å². The van der Waals surface area contributed by atoms with Crippen LogP contribution in [0.25, 0.3) is 0 Å². The van der Waals surface area contributed by atoms with E-state index in [-0.39, 0.29) is 25.2 Å². The lowest BCUT2D eigenvalue weighted by atomic mass is 10.0. The molecule has 5 heteroatoms. The van der Waals surface area contributed by atoms with E-state index in [1.165, 1.54) is 482 Å². The van der Waals surface area contributed by atoms with Crippen LogP contribution in [0.2, 0.25) is 0 Å². The maximum Gasteiger partial charge on any atom is 0.306 e. The van der Waals surface area contributed by atoms with Crippen molar-refractivity contribution < 1.29 is 24.2 Å². The van der Waals surface area contributed by atoms with Crippen molar-refractivity contribution in [3.8, 4) is 0 Å². The average molecular weight is 1350 g/mol. The van der Waals surface area contributed by atoms with Gasteiger partial charge >= 0.3 is 11.9 Å². The number of hydrogen-bond donors (Lipinski definition) is 1. The minimum atomic E-state index is -0.768. The summed E-state index contributed by atoms with van der Waals surface area (Å²) >= 11 is 0. The Morgan fingerprint density at radius 2 is 0.385 bits per heavy atom. The normalized spacial score (nSPS) is 12.1. The number of aliphatic hydroxyl groups excluding tert-OH is 1. The Morgan fingerprint density at radius 3 is 0.562 bits per heavy atom. The monoisotopic (exact) mass is 1350 g/mol. The predicted octanol–water partition coefficient (Wildman–Crippen LogP) is 32.0. The first-order valence-electron chi connectivity index (χ1n) is 45.2. The summed E-state index contributed by atoms with van der Waals surface area (Å²) in [5.41, 5.74) is 0. The number of carbonyl (C=O) groups excluding carboxylic acids is 2. The van der Waals surface area contributed by atoms with Gasteiger partial charge in [-0.15, -0.1) is 0 Å². The van der Waals surface area contributed by atoms with Crippen LogP contribution in [0.5, 0.6) is 0 Å². The lowest BCUT2D eigenvalue weighted by molar-refractivity contribution is -0.161. The van der Waals surface area contributed by atoms with Crippen molar-refractivity contribution in [1.82, 2.24) is 0 Å². The maximum atomic E-state index is 12.4. The van der Waals surface area contributed by atoms with Gasteiger partial charge in [-0.05, 0) is 38.5 Å². The first kappa shape index (κ1) is 94.6. The van der Waals surface area contributed by atoms with E-state index in [1.807, 2.05) is 0 Å². The Balaban J connectivity index is 3.31. The van der Waals surface area contributed by atoms with Gasteiger partial charge in [0.15, 0.2) is 6.10 Å². The topological polar surface area (TPSA) is 72.8 Å². The van der Waals surface area contributed by atoms with E-state index < -0.39 is 6.10 Å². The molecule has 0 aliphatic rings. The Labute approximate surface area is 604 Å². The van der Waals surface area contributed by atoms with Crippen molar-refractivity contribution in [3.05, 3.63) is 12.2 Å². The van der Waals surface area contributed by atoms with Crippen LogP contribution in [-0.2, 0) is 19.1 Å². The molecule has 0 heterocycles.